The summed E-state index contributed by atoms with van der Waals surface area (Å²) in [6.45, 7) is 4.60. The van der Waals surface area contributed by atoms with E-state index in [1.54, 1.807) is 11.3 Å². The summed E-state index contributed by atoms with van der Waals surface area (Å²) in [5.41, 5.74) is 2.04. The molecule has 1 aromatic carbocycles. The Balaban J connectivity index is 1.95. The van der Waals surface area contributed by atoms with Gasteiger partial charge in [0.15, 0.2) is 0 Å². The molecule has 0 atom stereocenters. The lowest BCUT2D eigenvalue weighted by Crippen LogP contribution is -2.29. The minimum Gasteiger partial charge on any atom is -0.350 e. The minimum absolute atomic E-state index is 0.113. The highest BCUT2D eigenvalue weighted by molar-refractivity contribution is 7.13. The highest BCUT2D eigenvalue weighted by Gasteiger charge is 2.14. The summed E-state index contributed by atoms with van der Waals surface area (Å²) in [6.07, 6.45) is 1.77. The summed E-state index contributed by atoms with van der Waals surface area (Å²) in [6, 6.07) is 10.1. The average molecular weight is 288 g/mol. The second kappa shape index (κ2) is 7.20. The zero-order valence-corrected chi connectivity index (χ0v) is 12.7. The van der Waals surface area contributed by atoms with Crippen LogP contribution >= 0.6 is 11.3 Å². The molecule has 0 saturated heterocycles. The Kier molecular flexibility index (Phi) is 5.30. The third kappa shape index (κ3) is 3.67. The van der Waals surface area contributed by atoms with E-state index in [2.05, 4.69) is 10.3 Å². The smallest absolute Gasteiger partial charge is 0.223 e. The topological polar surface area (TPSA) is 42.0 Å². The van der Waals surface area contributed by atoms with Gasteiger partial charge in [0, 0.05) is 16.9 Å². The molecule has 0 unspecified atom stereocenters. The van der Waals surface area contributed by atoms with Gasteiger partial charge in [-0.05, 0) is 12.8 Å². The molecular formula is C16H20N2OS. The Hall–Kier alpha value is -1.68. The van der Waals surface area contributed by atoms with Gasteiger partial charge in [-0.25, -0.2) is 4.98 Å². The zero-order valence-electron chi connectivity index (χ0n) is 11.9. The van der Waals surface area contributed by atoms with Gasteiger partial charge in [0.2, 0.25) is 5.91 Å². The van der Waals surface area contributed by atoms with Gasteiger partial charge in [-0.3, -0.25) is 4.79 Å². The van der Waals surface area contributed by atoms with Crippen LogP contribution in [0.5, 0.6) is 0 Å². The number of nitrogens with zero attached hydrogens (tertiary/aromatic N) is 1. The number of carbonyl (C=O) groups excluding carboxylic acids is 1. The van der Waals surface area contributed by atoms with E-state index in [9.17, 15) is 4.79 Å². The predicted molar refractivity (Wildman–Crippen MR) is 83.5 cm³/mol. The monoisotopic (exact) mass is 288 g/mol. The van der Waals surface area contributed by atoms with Crippen molar-refractivity contribution in [2.45, 2.75) is 33.2 Å². The lowest BCUT2D eigenvalue weighted by molar-refractivity contribution is -0.125. The molecule has 0 saturated carbocycles. The van der Waals surface area contributed by atoms with Gasteiger partial charge in [0.05, 0.1) is 12.2 Å². The number of hydrogen-bond donors (Lipinski definition) is 1. The van der Waals surface area contributed by atoms with E-state index in [0.29, 0.717) is 6.54 Å². The zero-order chi connectivity index (χ0) is 14.4. The van der Waals surface area contributed by atoms with E-state index in [4.69, 9.17) is 0 Å². The van der Waals surface area contributed by atoms with Crippen LogP contribution in [0.4, 0.5) is 0 Å². The van der Waals surface area contributed by atoms with Crippen LogP contribution < -0.4 is 5.32 Å². The molecule has 106 valence electrons. The lowest BCUT2D eigenvalue weighted by Gasteiger charge is -2.11. The molecule has 0 bridgehead atoms. The number of rotatable bonds is 6. The van der Waals surface area contributed by atoms with Crippen LogP contribution in [0.1, 0.15) is 32.4 Å². The molecule has 1 amide bonds. The number of amides is 1. The van der Waals surface area contributed by atoms with Crippen molar-refractivity contribution in [2.75, 3.05) is 0 Å². The van der Waals surface area contributed by atoms with Gasteiger partial charge < -0.3 is 5.32 Å². The van der Waals surface area contributed by atoms with Crippen LogP contribution in [0.2, 0.25) is 0 Å². The SMILES string of the molecule is CCC(CC)C(=O)NCc1csc(-c2ccccc2)n1. The van der Waals surface area contributed by atoms with Crippen molar-refractivity contribution in [2.24, 2.45) is 5.92 Å². The molecule has 0 aliphatic heterocycles. The first-order valence-corrected chi connectivity index (χ1v) is 7.90. The Morgan fingerprint density at radius 3 is 2.60 bits per heavy atom. The maximum Gasteiger partial charge on any atom is 0.223 e. The molecule has 0 aliphatic rings. The molecular weight excluding hydrogens is 268 g/mol. The van der Waals surface area contributed by atoms with E-state index in [-0.39, 0.29) is 11.8 Å². The number of aromatic nitrogens is 1. The quantitative estimate of drug-likeness (QED) is 0.877. The molecule has 2 rings (SSSR count). The molecule has 2 aromatic rings. The van der Waals surface area contributed by atoms with Crippen LogP contribution in [-0.4, -0.2) is 10.9 Å². The van der Waals surface area contributed by atoms with Crippen molar-refractivity contribution in [1.82, 2.24) is 10.3 Å². The summed E-state index contributed by atoms with van der Waals surface area (Å²) < 4.78 is 0. The van der Waals surface area contributed by atoms with Crippen molar-refractivity contribution < 1.29 is 4.79 Å². The number of hydrogen-bond acceptors (Lipinski definition) is 3. The summed E-state index contributed by atoms with van der Waals surface area (Å²) in [5.74, 6) is 0.242. The van der Waals surface area contributed by atoms with Crippen molar-refractivity contribution >= 4 is 17.2 Å². The molecule has 1 heterocycles. The molecule has 0 radical (unpaired) electrons. The Labute approximate surface area is 124 Å². The lowest BCUT2D eigenvalue weighted by atomic mass is 10.0. The molecule has 1 N–H and O–H groups in total. The first-order chi connectivity index (χ1) is 9.74. The number of benzene rings is 1. The maximum absolute atomic E-state index is 11.9. The molecule has 0 spiro atoms. The molecule has 1 aromatic heterocycles. The van der Waals surface area contributed by atoms with Gasteiger partial charge >= 0.3 is 0 Å². The maximum atomic E-state index is 11.9. The predicted octanol–water partition coefficient (Wildman–Crippen LogP) is 3.86. The van der Waals surface area contributed by atoms with E-state index < -0.39 is 0 Å². The fraction of sp³-hybridized carbons (Fsp3) is 0.375. The van der Waals surface area contributed by atoms with Crippen LogP contribution in [0.15, 0.2) is 35.7 Å². The second-order valence-electron chi connectivity index (χ2n) is 4.74. The van der Waals surface area contributed by atoms with E-state index >= 15 is 0 Å². The van der Waals surface area contributed by atoms with Crippen LogP contribution in [-0.2, 0) is 11.3 Å². The van der Waals surface area contributed by atoms with E-state index in [1.807, 2.05) is 49.6 Å². The van der Waals surface area contributed by atoms with Gasteiger partial charge in [-0.15, -0.1) is 11.3 Å². The van der Waals surface area contributed by atoms with Crippen molar-refractivity contribution in [3.63, 3.8) is 0 Å². The third-order valence-corrected chi connectivity index (χ3v) is 4.31. The highest BCUT2D eigenvalue weighted by Crippen LogP contribution is 2.23. The fourth-order valence-corrected chi connectivity index (χ4v) is 2.91. The van der Waals surface area contributed by atoms with E-state index in [0.717, 1.165) is 29.1 Å². The molecule has 4 heteroatoms. The first kappa shape index (κ1) is 14.7. The Morgan fingerprint density at radius 2 is 1.95 bits per heavy atom. The first-order valence-electron chi connectivity index (χ1n) is 7.02. The Morgan fingerprint density at radius 1 is 1.25 bits per heavy atom. The number of nitrogens with one attached hydrogen (secondary N) is 1. The summed E-state index contributed by atoms with van der Waals surface area (Å²) in [5, 5.41) is 5.98. The minimum atomic E-state index is 0.113. The Bertz CT molecular complexity index is 547. The van der Waals surface area contributed by atoms with Crippen LogP contribution in [0.25, 0.3) is 10.6 Å². The standard InChI is InChI=1S/C16H20N2OS/c1-3-12(4-2)15(19)17-10-14-11-20-16(18-14)13-8-6-5-7-9-13/h5-9,11-12H,3-4,10H2,1-2H3,(H,17,19). The van der Waals surface area contributed by atoms with Gasteiger partial charge in [0.25, 0.3) is 0 Å². The molecule has 20 heavy (non-hydrogen) atoms. The molecule has 0 aliphatic carbocycles. The number of carbonyl (C=O) groups is 1. The normalized spacial score (nSPS) is 10.8. The number of thiazole rings is 1. The summed E-state index contributed by atoms with van der Waals surface area (Å²) >= 11 is 1.61. The summed E-state index contributed by atoms with van der Waals surface area (Å²) in [4.78, 5) is 16.5. The second-order valence-corrected chi connectivity index (χ2v) is 5.60. The van der Waals surface area contributed by atoms with Crippen molar-refractivity contribution in [3.05, 3.63) is 41.4 Å². The van der Waals surface area contributed by atoms with E-state index in [1.165, 1.54) is 0 Å². The summed E-state index contributed by atoms with van der Waals surface area (Å²) in [7, 11) is 0. The van der Waals surface area contributed by atoms with Gasteiger partial charge in [-0.1, -0.05) is 44.2 Å². The van der Waals surface area contributed by atoms with Crippen molar-refractivity contribution in [1.29, 1.82) is 0 Å². The van der Waals surface area contributed by atoms with Crippen LogP contribution in [0, 0.1) is 5.92 Å². The van der Waals surface area contributed by atoms with Crippen molar-refractivity contribution in [3.8, 4) is 10.6 Å². The fourth-order valence-electron chi connectivity index (χ4n) is 2.08. The van der Waals surface area contributed by atoms with Gasteiger partial charge in [0.1, 0.15) is 5.01 Å². The third-order valence-electron chi connectivity index (χ3n) is 3.37. The molecule has 3 nitrogen and oxygen atoms in total. The largest absolute Gasteiger partial charge is 0.350 e. The molecule has 0 fully saturated rings. The van der Waals surface area contributed by atoms with Gasteiger partial charge in [-0.2, -0.15) is 0 Å². The average Bonchev–Trinajstić information content (AvgIpc) is 2.96. The highest BCUT2D eigenvalue weighted by atomic mass is 32.1. The van der Waals surface area contributed by atoms with Crippen LogP contribution in [0.3, 0.4) is 0 Å².